The number of alkyl halides is 3. The average Bonchev–Trinajstić information content (AvgIpc) is 2.34. The van der Waals surface area contributed by atoms with Crippen LogP contribution < -0.4 is 5.32 Å². The molecule has 2 nitrogen and oxygen atoms in total. The van der Waals surface area contributed by atoms with Crippen molar-refractivity contribution < 1.29 is 18.0 Å². The van der Waals surface area contributed by atoms with Gasteiger partial charge in [0, 0.05) is 11.0 Å². The number of halogens is 3. The third-order valence-electron chi connectivity index (χ3n) is 3.38. The molecule has 23 heavy (non-hydrogen) atoms. The summed E-state index contributed by atoms with van der Waals surface area (Å²) in [6, 6.07) is 4.56. The van der Waals surface area contributed by atoms with Gasteiger partial charge in [-0.15, -0.1) is 0 Å². The predicted molar refractivity (Wildman–Crippen MR) is 86.3 cm³/mol. The molecule has 0 heterocycles. The van der Waals surface area contributed by atoms with E-state index in [0.29, 0.717) is 12.0 Å². The van der Waals surface area contributed by atoms with Crippen LogP contribution in [0.5, 0.6) is 0 Å². The summed E-state index contributed by atoms with van der Waals surface area (Å²) < 4.78 is 37.9. The number of benzene rings is 1. The molecule has 1 rings (SSSR count). The van der Waals surface area contributed by atoms with E-state index < -0.39 is 23.2 Å². The molecule has 0 unspecified atom stereocenters. The first-order valence-electron chi connectivity index (χ1n) is 7.68. The summed E-state index contributed by atoms with van der Waals surface area (Å²) in [7, 11) is 0. The highest BCUT2D eigenvalue weighted by molar-refractivity contribution is 5.89. The molecule has 0 aliphatic heterocycles. The van der Waals surface area contributed by atoms with Crippen molar-refractivity contribution in [1.82, 2.24) is 5.32 Å². The first-order chi connectivity index (χ1) is 10.2. The van der Waals surface area contributed by atoms with Crippen LogP contribution in [0.15, 0.2) is 24.3 Å². The van der Waals surface area contributed by atoms with Crippen LogP contribution >= 0.6 is 0 Å². The molecule has 0 bridgehead atoms. The van der Waals surface area contributed by atoms with Gasteiger partial charge in [-0.1, -0.05) is 32.9 Å². The molecule has 0 fully saturated rings. The van der Waals surface area contributed by atoms with Crippen molar-refractivity contribution in [2.24, 2.45) is 5.41 Å². The molecule has 0 saturated heterocycles. The maximum absolute atomic E-state index is 12.6. The Kier molecular flexibility index (Phi) is 5.68. The summed E-state index contributed by atoms with van der Waals surface area (Å²) in [6.45, 7) is 11.4. The molecule has 0 aromatic heterocycles. The molecule has 1 N–H and O–H groups in total. The summed E-state index contributed by atoms with van der Waals surface area (Å²) >= 11 is 0. The summed E-state index contributed by atoms with van der Waals surface area (Å²) in [6.07, 6.45) is -3.98. The van der Waals surface area contributed by atoms with Crippen LogP contribution in [0.1, 0.15) is 52.7 Å². The van der Waals surface area contributed by atoms with E-state index in [0.717, 1.165) is 12.1 Å². The summed E-state index contributed by atoms with van der Waals surface area (Å²) in [4.78, 5) is 12.6. The fraction of sp³-hybridized carbons (Fsp3) is 0.611. The smallest absolute Gasteiger partial charge is 0.302 e. The van der Waals surface area contributed by atoms with E-state index in [-0.39, 0.29) is 11.3 Å². The van der Waals surface area contributed by atoms with Gasteiger partial charge in [0.05, 0.1) is 11.6 Å². The summed E-state index contributed by atoms with van der Waals surface area (Å²) in [5, 5.41) is 3.28. The van der Waals surface area contributed by atoms with Crippen LogP contribution in [-0.4, -0.2) is 17.4 Å². The van der Waals surface area contributed by atoms with Crippen LogP contribution in [0.4, 0.5) is 13.2 Å². The number of hydrogen-bond donors (Lipinski definition) is 1. The molecule has 130 valence electrons. The topological polar surface area (TPSA) is 29.1 Å². The molecular formula is C18H26F3NO. The molecule has 1 aromatic rings. The quantitative estimate of drug-likeness (QED) is 0.873. The van der Waals surface area contributed by atoms with Crippen LogP contribution in [0, 0.1) is 5.41 Å². The number of nitrogens with one attached hydrogen (secondary N) is 1. The molecule has 0 spiro atoms. The van der Waals surface area contributed by atoms with Gasteiger partial charge in [-0.05, 0) is 44.9 Å². The van der Waals surface area contributed by atoms with Crippen molar-refractivity contribution in [3.63, 3.8) is 0 Å². The fourth-order valence-corrected chi connectivity index (χ4v) is 2.32. The molecule has 1 aromatic carbocycles. The normalized spacial score (nSPS) is 14.7. The molecule has 0 radical (unpaired) electrons. The zero-order valence-corrected chi connectivity index (χ0v) is 14.6. The monoisotopic (exact) mass is 329 g/mol. The molecule has 0 aliphatic rings. The molecule has 1 atom stereocenters. The van der Waals surface area contributed by atoms with Gasteiger partial charge in [0.25, 0.3) is 0 Å². The number of carbonyl (C=O) groups excluding carboxylic acids is 1. The second-order valence-corrected chi connectivity index (χ2v) is 7.96. The summed E-state index contributed by atoms with van der Waals surface area (Å²) in [5.41, 5.74) is -0.757. The molecule has 5 heteroatoms. The maximum Gasteiger partial charge on any atom is 0.416 e. The van der Waals surface area contributed by atoms with E-state index in [1.807, 2.05) is 41.5 Å². The van der Waals surface area contributed by atoms with Crippen molar-refractivity contribution in [3.05, 3.63) is 35.4 Å². The second-order valence-electron chi connectivity index (χ2n) is 7.96. The molecule has 0 amide bonds. The van der Waals surface area contributed by atoms with Gasteiger partial charge < -0.3 is 5.32 Å². The van der Waals surface area contributed by atoms with E-state index in [4.69, 9.17) is 0 Å². The fourth-order valence-electron chi connectivity index (χ4n) is 2.32. The number of Topliss-reactive ketones (excluding diaryl/α,β-unsaturated/α-hetero) is 1. The van der Waals surface area contributed by atoms with Gasteiger partial charge in [0.15, 0.2) is 5.78 Å². The lowest BCUT2D eigenvalue weighted by atomic mass is 9.83. The minimum atomic E-state index is -4.34. The minimum Gasteiger partial charge on any atom is -0.302 e. The zero-order valence-electron chi connectivity index (χ0n) is 14.6. The van der Waals surface area contributed by atoms with E-state index in [9.17, 15) is 18.0 Å². The van der Waals surface area contributed by atoms with Gasteiger partial charge in [0.1, 0.15) is 0 Å². The lowest BCUT2D eigenvalue weighted by Gasteiger charge is -2.32. The Morgan fingerprint density at radius 1 is 1.00 bits per heavy atom. The Hall–Kier alpha value is -1.36. The first kappa shape index (κ1) is 19.7. The van der Waals surface area contributed by atoms with Gasteiger partial charge in [-0.25, -0.2) is 0 Å². The van der Waals surface area contributed by atoms with Gasteiger partial charge in [0.2, 0.25) is 0 Å². The molecule has 0 aliphatic carbocycles. The van der Waals surface area contributed by atoms with Crippen LogP contribution in [0.3, 0.4) is 0 Å². The van der Waals surface area contributed by atoms with Gasteiger partial charge in [-0.3, -0.25) is 4.79 Å². The highest BCUT2D eigenvalue weighted by Crippen LogP contribution is 2.29. The number of carbonyl (C=O) groups is 1. The highest BCUT2D eigenvalue weighted by atomic mass is 19.4. The van der Waals surface area contributed by atoms with E-state index in [2.05, 4.69) is 5.32 Å². The Labute approximate surface area is 136 Å². The Bertz CT molecular complexity index is 533. The van der Waals surface area contributed by atoms with Crippen molar-refractivity contribution in [3.8, 4) is 0 Å². The highest BCUT2D eigenvalue weighted by Gasteiger charge is 2.33. The van der Waals surface area contributed by atoms with Crippen LogP contribution in [-0.2, 0) is 17.4 Å². The predicted octanol–water partition coefficient (Wildman–Crippen LogP) is 4.62. The third-order valence-corrected chi connectivity index (χ3v) is 3.38. The van der Waals surface area contributed by atoms with Crippen LogP contribution in [0.2, 0.25) is 0 Å². The maximum atomic E-state index is 12.6. The third kappa shape index (κ3) is 6.34. The minimum absolute atomic E-state index is 0.0484. The second kappa shape index (κ2) is 6.63. The van der Waals surface area contributed by atoms with Gasteiger partial charge in [-0.2, -0.15) is 13.2 Å². The Morgan fingerprint density at radius 2 is 1.48 bits per heavy atom. The van der Waals surface area contributed by atoms with E-state index >= 15 is 0 Å². The SMILES string of the molecule is CC(C)(C)N[C@@H](Cc1ccc(C(F)(F)F)cc1)C(=O)C(C)(C)C. The van der Waals surface area contributed by atoms with E-state index in [1.54, 1.807) is 0 Å². The largest absolute Gasteiger partial charge is 0.416 e. The number of hydrogen-bond acceptors (Lipinski definition) is 2. The summed E-state index contributed by atoms with van der Waals surface area (Å²) in [5.74, 6) is 0.0484. The lowest BCUT2D eigenvalue weighted by Crippen LogP contribution is -2.51. The van der Waals surface area contributed by atoms with Crippen molar-refractivity contribution in [2.75, 3.05) is 0 Å². The Morgan fingerprint density at radius 3 is 1.83 bits per heavy atom. The standard InChI is InChI=1S/C18H26F3NO/c1-16(2,3)15(23)14(22-17(4,5)6)11-12-7-9-13(10-8-12)18(19,20)21/h7-10,14,22H,11H2,1-6H3/t14-/m0/s1. The average molecular weight is 329 g/mol. The Balaban J connectivity index is 2.99. The van der Waals surface area contributed by atoms with E-state index in [1.165, 1.54) is 12.1 Å². The molecular weight excluding hydrogens is 303 g/mol. The zero-order chi connectivity index (χ0) is 18.1. The van der Waals surface area contributed by atoms with Crippen LogP contribution in [0.25, 0.3) is 0 Å². The van der Waals surface area contributed by atoms with Gasteiger partial charge >= 0.3 is 6.18 Å². The number of rotatable bonds is 4. The van der Waals surface area contributed by atoms with Crippen molar-refractivity contribution in [1.29, 1.82) is 0 Å². The first-order valence-corrected chi connectivity index (χ1v) is 7.68. The van der Waals surface area contributed by atoms with Crippen molar-refractivity contribution >= 4 is 5.78 Å². The number of ketones is 1. The lowest BCUT2D eigenvalue weighted by molar-refractivity contribution is -0.137. The molecule has 0 saturated carbocycles. The van der Waals surface area contributed by atoms with Crippen molar-refractivity contribution in [2.45, 2.75) is 65.7 Å².